The molecule has 0 amide bonds. The maximum absolute atomic E-state index is 11.8. The molecule has 4 N–H and O–H groups in total. The molecule has 1 rings (SSSR count). The van der Waals surface area contributed by atoms with E-state index in [0.717, 1.165) is 11.0 Å². The Hall–Kier alpha value is -1.76. The number of aliphatic hydroxyl groups excluding tert-OH is 1. The Kier molecular flexibility index (Phi) is 4.33. The minimum absolute atomic E-state index is 0.116. The monoisotopic (exact) mass is 242 g/mol. The summed E-state index contributed by atoms with van der Waals surface area (Å²) in [5, 5.41) is 11.5. The topological polar surface area (TPSA) is 102 Å². The zero-order valence-electron chi connectivity index (χ0n) is 10.1. The van der Waals surface area contributed by atoms with Crippen molar-refractivity contribution in [2.24, 2.45) is 7.05 Å². The van der Waals surface area contributed by atoms with Crippen LogP contribution in [0.3, 0.4) is 0 Å². The molecule has 0 aliphatic carbocycles. The fourth-order valence-corrected chi connectivity index (χ4v) is 1.57. The van der Waals surface area contributed by atoms with E-state index >= 15 is 0 Å². The third-order valence-corrected chi connectivity index (χ3v) is 2.44. The van der Waals surface area contributed by atoms with Crippen LogP contribution in [0.2, 0.25) is 0 Å². The van der Waals surface area contributed by atoms with Crippen LogP contribution in [-0.2, 0) is 13.6 Å². The molecule has 0 aliphatic rings. The highest BCUT2D eigenvalue weighted by Gasteiger charge is 2.13. The molecular weight excluding hydrogens is 224 g/mol. The van der Waals surface area contributed by atoms with Crippen LogP contribution >= 0.6 is 0 Å². The van der Waals surface area contributed by atoms with Crippen molar-refractivity contribution in [3.63, 3.8) is 0 Å². The van der Waals surface area contributed by atoms with E-state index in [4.69, 9.17) is 10.8 Å². The summed E-state index contributed by atoms with van der Waals surface area (Å²) in [5.41, 5.74) is 5.04. The summed E-state index contributed by atoms with van der Waals surface area (Å²) in [6.45, 7) is 2.46. The summed E-state index contributed by atoms with van der Waals surface area (Å²) >= 11 is 0. The van der Waals surface area contributed by atoms with E-state index in [1.807, 2.05) is 6.92 Å². The summed E-state index contributed by atoms with van der Waals surface area (Å²) in [6.07, 6.45) is 0.738. The van der Waals surface area contributed by atoms with Crippen LogP contribution in [0.1, 0.15) is 13.3 Å². The van der Waals surface area contributed by atoms with Crippen LogP contribution in [0.15, 0.2) is 9.59 Å². The van der Waals surface area contributed by atoms with Gasteiger partial charge in [0, 0.05) is 20.1 Å². The second-order valence-electron chi connectivity index (χ2n) is 3.71. The predicted molar refractivity (Wildman–Crippen MR) is 66.2 cm³/mol. The number of hydrogen-bond donors (Lipinski definition) is 3. The van der Waals surface area contributed by atoms with Crippen molar-refractivity contribution in [3.8, 4) is 0 Å². The number of hydrogen-bond acceptors (Lipinski definition) is 5. The minimum atomic E-state index is -0.478. The average molecular weight is 242 g/mol. The zero-order chi connectivity index (χ0) is 13.0. The molecule has 0 aliphatic heterocycles. The van der Waals surface area contributed by atoms with E-state index in [1.54, 1.807) is 0 Å². The van der Waals surface area contributed by atoms with Crippen LogP contribution < -0.4 is 22.3 Å². The third kappa shape index (κ3) is 2.50. The first-order valence-corrected chi connectivity index (χ1v) is 5.48. The Balaban J connectivity index is 3.39. The largest absolute Gasteiger partial charge is 0.395 e. The van der Waals surface area contributed by atoms with E-state index in [0.29, 0.717) is 6.54 Å². The van der Waals surface area contributed by atoms with Crippen molar-refractivity contribution in [1.29, 1.82) is 0 Å². The van der Waals surface area contributed by atoms with E-state index in [2.05, 4.69) is 5.32 Å². The number of nitrogens with zero attached hydrogens (tertiary/aromatic N) is 2. The average Bonchev–Trinajstić information content (AvgIpc) is 2.32. The maximum atomic E-state index is 11.8. The minimum Gasteiger partial charge on any atom is -0.395 e. The Morgan fingerprint density at radius 1 is 1.41 bits per heavy atom. The molecule has 7 heteroatoms. The van der Waals surface area contributed by atoms with E-state index in [-0.39, 0.29) is 24.7 Å². The normalized spacial score (nSPS) is 10.5. The number of nitrogens with one attached hydrogen (secondary N) is 1. The van der Waals surface area contributed by atoms with Crippen LogP contribution in [0, 0.1) is 0 Å². The molecule has 1 aromatic heterocycles. The van der Waals surface area contributed by atoms with Crippen LogP contribution in [-0.4, -0.2) is 27.4 Å². The number of anilines is 2. The lowest BCUT2D eigenvalue weighted by Crippen LogP contribution is -2.41. The van der Waals surface area contributed by atoms with Crippen molar-refractivity contribution in [1.82, 2.24) is 9.13 Å². The van der Waals surface area contributed by atoms with Gasteiger partial charge in [-0.1, -0.05) is 6.92 Å². The van der Waals surface area contributed by atoms with Gasteiger partial charge in [-0.3, -0.25) is 13.9 Å². The molecular formula is C10H18N4O3. The van der Waals surface area contributed by atoms with Crippen molar-refractivity contribution < 1.29 is 5.11 Å². The predicted octanol–water partition coefficient (Wildman–Crippen LogP) is -1.06. The number of aliphatic hydroxyl groups is 1. The molecule has 7 nitrogen and oxygen atoms in total. The summed E-state index contributed by atoms with van der Waals surface area (Å²) in [4.78, 5) is 23.6. The zero-order valence-corrected chi connectivity index (χ0v) is 10.1. The summed E-state index contributed by atoms with van der Waals surface area (Å²) in [7, 11) is 1.40. The van der Waals surface area contributed by atoms with Gasteiger partial charge in [-0.05, 0) is 6.42 Å². The highest BCUT2D eigenvalue weighted by atomic mass is 16.3. The van der Waals surface area contributed by atoms with E-state index < -0.39 is 11.2 Å². The number of rotatable bonds is 5. The highest BCUT2D eigenvalue weighted by molar-refractivity contribution is 5.60. The quantitative estimate of drug-likeness (QED) is 0.611. The lowest BCUT2D eigenvalue weighted by atomic mass is 10.4. The van der Waals surface area contributed by atoms with Crippen LogP contribution in [0.5, 0.6) is 0 Å². The van der Waals surface area contributed by atoms with Gasteiger partial charge in [0.25, 0.3) is 5.56 Å². The fourth-order valence-electron chi connectivity index (χ4n) is 1.57. The van der Waals surface area contributed by atoms with Gasteiger partial charge >= 0.3 is 5.69 Å². The molecule has 0 spiro atoms. The molecule has 0 aromatic carbocycles. The van der Waals surface area contributed by atoms with E-state index in [9.17, 15) is 9.59 Å². The molecule has 0 unspecified atom stereocenters. The Bertz CT molecular complexity index is 503. The van der Waals surface area contributed by atoms with Gasteiger partial charge in [-0.15, -0.1) is 0 Å². The first-order chi connectivity index (χ1) is 8.04. The van der Waals surface area contributed by atoms with Crippen molar-refractivity contribution in [2.75, 3.05) is 24.2 Å². The lowest BCUT2D eigenvalue weighted by molar-refractivity contribution is 0.311. The summed E-state index contributed by atoms with van der Waals surface area (Å²) in [6, 6.07) is 0. The smallest absolute Gasteiger partial charge is 0.332 e. The third-order valence-electron chi connectivity index (χ3n) is 2.44. The van der Waals surface area contributed by atoms with Gasteiger partial charge in [-0.2, -0.15) is 0 Å². The molecule has 0 saturated heterocycles. The molecule has 1 heterocycles. The van der Waals surface area contributed by atoms with Gasteiger partial charge in [0.15, 0.2) is 0 Å². The Labute approximate surface area is 98.5 Å². The van der Waals surface area contributed by atoms with Gasteiger partial charge < -0.3 is 16.2 Å². The van der Waals surface area contributed by atoms with Crippen molar-refractivity contribution in [3.05, 3.63) is 20.8 Å². The molecule has 0 atom stereocenters. The first-order valence-electron chi connectivity index (χ1n) is 5.48. The van der Waals surface area contributed by atoms with Gasteiger partial charge in [0.2, 0.25) is 0 Å². The first kappa shape index (κ1) is 13.3. The second kappa shape index (κ2) is 5.53. The number of nitrogens with two attached hydrogens (primary N) is 1. The standard InChI is InChI=1S/C10H18N4O3/c1-3-5-14-8(11)7(12-4-6-15)9(16)13(2)10(14)17/h12,15H,3-6,11H2,1-2H3. The summed E-state index contributed by atoms with van der Waals surface area (Å²) in [5.74, 6) is 0.119. The Morgan fingerprint density at radius 2 is 2.06 bits per heavy atom. The molecule has 0 radical (unpaired) electrons. The SMILES string of the molecule is CCCn1c(N)c(NCCO)c(=O)n(C)c1=O. The van der Waals surface area contributed by atoms with Gasteiger partial charge in [0.05, 0.1) is 6.61 Å². The molecule has 0 bridgehead atoms. The Morgan fingerprint density at radius 3 is 2.59 bits per heavy atom. The number of aromatic nitrogens is 2. The fraction of sp³-hybridized carbons (Fsp3) is 0.600. The highest BCUT2D eigenvalue weighted by Crippen LogP contribution is 2.10. The lowest BCUT2D eigenvalue weighted by Gasteiger charge is -2.14. The second-order valence-corrected chi connectivity index (χ2v) is 3.71. The van der Waals surface area contributed by atoms with Gasteiger partial charge in [0.1, 0.15) is 11.5 Å². The molecule has 17 heavy (non-hydrogen) atoms. The van der Waals surface area contributed by atoms with Crippen molar-refractivity contribution >= 4 is 11.5 Å². The van der Waals surface area contributed by atoms with Gasteiger partial charge in [-0.25, -0.2) is 4.79 Å². The maximum Gasteiger partial charge on any atom is 0.332 e. The van der Waals surface area contributed by atoms with E-state index in [1.165, 1.54) is 11.6 Å². The number of nitrogen functional groups attached to an aromatic ring is 1. The van der Waals surface area contributed by atoms with Crippen LogP contribution in [0.25, 0.3) is 0 Å². The van der Waals surface area contributed by atoms with Crippen LogP contribution in [0.4, 0.5) is 11.5 Å². The molecule has 1 aromatic rings. The summed E-state index contributed by atoms with van der Waals surface area (Å²) < 4.78 is 2.35. The molecule has 0 saturated carbocycles. The molecule has 96 valence electrons. The van der Waals surface area contributed by atoms with Crippen molar-refractivity contribution in [2.45, 2.75) is 19.9 Å². The molecule has 0 fully saturated rings.